The summed E-state index contributed by atoms with van der Waals surface area (Å²) in [6.07, 6.45) is 9.49. The van der Waals surface area contributed by atoms with Crippen molar-refractivity contribution in [2.24, 2.45) is 0 Å². The fourth-order valence-corrected chi connectivity index (χ4v) is 2.37. The zero-order valence-electron chi connectivity index (χ0n) is 12.6. The summed E-state index contributed by atoms with van der Waals surface area (Å²) in [5, 5.41) is 2.01. The van der Waals surface area contributed by atoms with Crippen LogP contribution in [-0.2, 0) is 4.84 Å². The molecule has 1 aromatic rings. The molecule has 0 atom stereocenters. The maximum atomic E-state index is 5.70. The van der Waals surface area contributed by atoms with Gasteiger partial charge >= 0.3 is 0 Å². The van der Waals surface area contributed by atoms with Gasteiger partial charge < -0.3 is 0 Å². The van der Waals surface area contributed by atoms with Crippen LogP contribution in [0.5, 0.6) is 0 Å². The Kier molecular flexibility index (Phi) is 5.87. The lowest BCUT2D eigenvalue weighted by Gasteiger charge is -2.28. The van der Waals surface area contributed by atoms with Crippen molar-refractivity contribution in [3.63, 3.8) is 0 Å². The van der Waals surface area contributed by atoms with Crippen LogP contribution in [0.25, 0.3) is 0 Å². The number of unbranched alkanes of at least 4 members (excludes halogenated alkanes) is 2. The standard InChI is InChI=1S/C18H25NO/c1-16(2)9-5-3-6-10-17-13-14-20-19(15-17)18-11-7-4-8-12-18/h4,7-9,11-13H,3,5-6,10,14-15H2,1-2H3. The molecular formula is C18H25NO. The van der Waals surface area contributed by atoms with Crippen molar-refractivity contribution in [1.29, 1.82) is 0 Å². The van der Waals surface area contributed by atoms with Gasteiger partial charge in [0.2, 0.25) is 0 Å². The third kappa shape index (κ3) is 4.86. The van der Waals surface area contributed by atoms with Crippen LogP contribution >= 0.6 is 0 Å². The van der Waals surface area contributed by atoms with Crippen molar-refractivity contribution < 1.29 is 4.84 Å². The van der Waals surface area contributed by atoms with Crippen LogP contribution in [0.2, 0.25) is 0 Å². The predicted octanol–water partition coefficient (Wildman–Crippen LogP) is 4.89. The summed E-state index contributed by atoms with van der Waals surface area (Å²) >= 11 is 0. The van der Waals surface area contributed by atoms with E-state index in [4.69, 9.17) is 4.84 Å². The molecule has 1 heterocycles. The van der Waals surface area contributed by atoms with Gasteiger partial charge in [-0.1, -0.05) is 41.5 Å². The molecule has 2 heteroatoms. The van der Waals surface area contributed by atoms with Crippen molar-refractivity contribution in [3.8, 4) is 0 Å². The predicted molar refractivity (Wildman–Crippen MR) is 85.7 cm³/mol. The first kappa shape index (κ1) is 14.9. The molecule has 0 N–H and O–H groups in total. The van der Waals surface area contributed by atoms with E-state index >= 15 is 0 Å². The Morgan fingerprint density at radius 1 is 1.20 bits per heavy atom. The van der Waals surface area contributed by atoms with Crippen LogP contribution < -0.4 is 5.06 Å². The highest BCUT2D eigenvalue weighted by Crippen LogP contribution is 2.21. The first-order valence-electron chi connectivity index (χ1n) is 7.52. The molecule has 1 aromatic carbocycles. The Labute approximate surface area is 122 Å². The summed E-state index contributed by atoms with van der Waals surface area (Å²) in [5.41, 5.74) is 4.06. The van der Waals surface area contributed by atoms with Crippen LogP contribution in [0.15, 0.2) is 53.6 Å². The number of hydrogen-bond donors (Lipinski definition) is 0. The summed E-state index contributed by atoms with van der Waals surface area (Å²) in [6, 6.07) is 10.3. The molecule has 0 aliphatic carbocycles. The molecule has 0 spiro atoms. The highest BCUT2D eigenvalue weighted by atomic mass is 16.7. The Balaban J connectivity index is 1.76. The smallest absolute Gasteiger partial charge is 0.0933 e. The van der Waals surface area contributed by atoms with Crippen molar-refractivity contribution in [1.82, 2.24) is 0 Å². The fraction of sp³-hybridized carbons (Fsp3) is 0.444. The first-order valence-corrected chi connectivity index (χ1v) is 7.52. The number of hydrogen-bond acceptors (Lipinski definition) is 2. The number of benzene rings is 1. The highest BCUT2D eigenvalue weighted by Gasteiger charge is 2.13. The van der Waals surface area contributed by atoms with E-state index in [1.165, 1.54) is 36.8 Å². The minimum Gasteiger partial charge on any atom is -0.269 e. The molecule has 0 unspecified atom stereocenters. The average molecular weight is 271 g/mol. The maximum Gasteiger partial charge on any atom is 0.0933 e. The number of anilines is 1. The summed E-state index contributed by atoms with van der Waals surface area (Å²) in [6.45, 7) is 5.92. The second-order valence-corrected chi connectivity index (χ2v) is 5.56. The van der Waals surface area contributed by atoms with Gasteiger partial charge in [0.15, 0.2) is 0 Å². The fourth-order valence-electron chi connectivity index (χ4n) is 2.37. The Hall–Kier alpha value is -1.54. The molecule has 0 radical (unpaired) electrons. The van der Waals surface area contributed by atoms with Gasteiger partial charge in [-0.3, -0.25) is 4.84 Å². The van der Waals surface area contributed by atoms with Crippen LogP contribution in [0.1, 0.15) is 39.5 Å². The monoisotopic (exact) mass is 271 g/mol. The van der Waals surface area contributed by atoms with Gasteiger partial charge in [0.25, 0.3) is 0 Å². The zero-order valence-corrected chi connectivity index (χ0v) is 12.6. The lowest BCUT2D eigenvalue weighted by molar-refractivity contribution is 0.128. The van der Waals surface area contributed by atoms with E-state index in [0.29, 0.717) is 6.61 Å². The largest absolute Gasteiger partial charge is 0.269 e. The SMILES string of the molecule is CC(C)=CCCCCC1=CCON(c2ccccc2)C1. The lowest BCUT2D eigenvalue weighted by Crippen LogP contribution is -2.29. The van der Waals surface area contributed by atoms with Gasteiger partial charge in [-0.05, 0) is 51.7 Å². The molecule has 2 rings (SSSR count). The molecule has 20 heavy (non-hydrogen) atoms. The zero-order chi connectivity index (χ0) is 14.2. The van der Waals surface area contributed by atoms with Gasteiger partial charge in [0.1, 0.15) is 0 Å². The van der Waals surface area contributed by atoms with Crippen molar-refractivity contribution >= 4 is 5.69 Å². The van der Waals surface area contributed by atoms with Crippen LogP contribution in [0.4, 0.5) is 5.69 Å². The summed E-state index contributed by atoms with van der Waals surface area (Å²) < 4.78 is 0. The molecule has 1 aliphatic heterocycles. The molecular weight excluding hydrogens is 246 g/mol. The van der Waals surface area contributed by atoms with E-state index in [2.05, 4.69) is 50.3 Å². The summed E-state index contributed by atoms with van der Waals surface area (Å²) in [4.78, 5) is 5.70. The van der Waals surface area contributed by atoms with E-state index in [0.717, 1.165) is 12.2 Å². The highest BCUT2D eigenvalue weighted by molar-refractivity contribution is 5.45. The van der Waals surface area contributed by atoms with Crippen LogP contribution in [-0.4, -0.2) is 13.2 Å². The second-order valence-electron chi connectivity index (χ2n) is 5.56. The molecule has 0 fully saturated rings. The van der Waals surface area contributed by atoms with Crippen molar-refractivity contribution in [2.45, 2.75) is 39.5 Å². The topological polar surface area (TPSA) is 12.5 Å². The Bertz CT molecular complexity index is 458. The summed E-state index contributed by atoms with van der Waals surface area (Å²) in [5.74, 6) is 0. The van der Waals surface area contributed by atoms with E-state index in [-0.39, 0.29) is 0 Å². The Morgan fingerprint density at radius 2 is 2.00 bits per heavy atom. The molecule has 1 aliphatic rings. The number of rotatable bonds is 6. The normalized spacial score (nSPS) is 14.9. The molecule has 0 aromatic heterocycles. The van der Waals surface area contributed by atoms with E-state index in [9.17, 15) is 0 Å². The second kappa shape index (κ2) is 7.91. The number of hydroxylamine groups is 1. The van der Waals surface area contributed by atoms with E-state index in [1.807, 2.05) is 11.1 Å². The quantitative estimate of drug-likeness (QED) is 0.539. The number of para-hydroxylation sites is 1. The van der Waals surface area contributed by atoms with Gasteiger partial charge in [-0.2, -0.15) is 0 Å². The number of allylic oxidation sites excluding steroid dienone is 2. The molecule has 2 nitrogen and oxygen atoms in total. The Morgan fingerprint density at radius 3 is 2.75 bits per heavy atom. The van der Waals surface area contributed by atoms with Gasteiger partial charge in [0.05, 0.1) is 18.8 Å². The van der Waals surface area contributed by atoms with Gasteiger partial charge in [0, 0.05) is 0 Å². The van der Waals surface area contributed by atoms with E-state index < -0.39 is 0 Å². The molecule has 0 amide bonds. The van der Waals surface area contributed by atoms with Crippen LogP contribution in [0.3, 0.4) is 0 Å². The third-order valence-corrected chi connectivity index (χ3v) is 3.50. The first-order chi connectivity index (χ1) is 9.75. The third-order valence-electron chi connectivity index (χ3n) is 3.50. The minimum absolute atomic E-state index is 0.693. The lowest BCUT2D eigenvalue weighted by atomic mass is 10.1. The van der Waals surface area contributed by atoms with Crippen molar-refractivity contribution in [3.05, 3.63) is 53.6 Å². The molecule has 0 saturated carbocycles. The average Bonchev–Trinajstić information content (AvgIpc) is 2.48. The van der Waals surface area contributed by atoms with Crippen LogP contribution in [0, 0.1) is 0 Å². The van der Waals surface area contributed by atoms with Gasteiger partial charge in [-0.15, -0.1) is 0 Å². The minimum atomic E-state index is 0.693. The number of nitrogens with zero attached hydrogens (tertiary/aromatic N) is 1. The molecule has 0 bridgehead atoms. The maximum absolute atomic E-state index is 5.70. The molecule has 108 valence electrons. The van der Waals surface area contributed by atoms with Gasteiger partial charge in [-0.25, -0.2) is 5.06 Å². The van der Waals surface area contributed by atoms with E-state index in [1.54, 1.807) is 0 Å². The van der Waals surface area contributed by atoms with Crippen molar-refractivity contribution in [2.75, 3.05) is 18.2 Å². The molecule has 0 saturated heterocycles. The summed E-state index contributed by atoms with van der Waals surface area (Å²) in [7, 11) is 0.